The standard InChI is InChI=1S/C16H15ClFN3O3S/c1-2-9-19-16(22)20-11-3-5-12(6-4-11)21-25(23,24)13-7-8-15(18)14(17)10-13/h2-8,10,21H,1,9H2,(H2,19,20,22). The van der Waals surface area contributed by atoms with Gasteiger partial charge < -0.3 is 10.6 Å². The lowest BCUT2D eigenvalue weighted by molar-refractivity contribution is 0.253. The average Bonchev–Trinajstić information content (AvgIpc) is 2.57. The third kappa shape index (κ3) is 5.20. The quantitative estimate of drug-likeness (QED) is 0.666. The number of nitrogens with one attached hydrogen (secondary N) is 3. The van der Waals surface area contributed by atoms with Gasteiger partial charge in [0, 0.05) is 17.9 Å². The first-order chi connectivity index (χ1) is 11.8. The van der Waals surface area contributed by atoms with Crippen LogP contribution in [-0.2, 0) is 10.0 Å². The molecule has 0 aliphatic carbocycles. The van der Waals surface area contributed by atoms with E-state index < -0.39 is 21.9 Å². The first-order valence-corrected chi connectivity index (χ1v) is 8.91. The maximum absolute atomic E-state index is 13.1. The molecule has 9 heteroatoms. The molecule has 2 rings (SSSR count). The Balaban J connectivity index is 2.08. The molecule has 6 nitrogen and oxygen atoms in total. The molecule has 0 aliphatic heterocycles. The van der Waals surface area contributed by atoms with Gasteiger partial charge in [-0.15, -0.1) is 6.58 Å². The van der Waals surface area contributed by atoms with Crippen molar-refractivity contribution in [2.24, 2.45) is 0 Å². The lowest BCUT2D eigenvalue weighted by atomic mass is 10.3. The SMILES string of the molecule is C=CCNC(=O)Nc1ccc(NS(=O)(=O)c2ccc(F)c(Cl)c2)cc1. The Morgan fingerprint density at radius 2 is 1.80 bits per heavy atom. The Bertz CT molecular complexity index is 886. The first-order valence-electron chi connectivity index (χ1n) is 7.05. The molecule has 0 fully saturated rings. The van der Waals surface area contributed by atoms with Crippen LogP contribution in [0.4, 0.5) is 20.6 Å². The molecule has 0 bridgehead atoms. The van der Waals surface area contributed by atoms with Crippen LogP contribution in [0.3, 0.4) is 0 Å². The molecule has 0 radical (unpaired) electrons. The second-order valence-corrected chi connectivity index (χ2v) is 6.97. The minimum Gasteiger partial charge on any atom is -0.334 e. The zero-order valence-electron chi connectivity index (χ0n) is 12.9. The molecule has 0 aliphatic rings. The molecule has 2 aromatic carbocycles. The lowest BCUT2D eigenvalue weighted by Crippen LogP contribution is -2.28. The van der Waals surface area contributed by atoms with Crippen LogP contribution >= 0.6 is 11.6 Å². The van der Waals surface area contributed by atoms with Gasteiger partial charge in [-0.1, -0.05) is 17.7 Å². The number of sulfonamides is 1. The summed E-state index contributed by atoms with van der Waals surface area (Å²) < 4.78 is 40.0. The highest BCUT2D eigenvalue weighted by atomic mass is 35.5. The van der Waals surface area contributed by atoms with Crippen molar-refractivity contribution < 1.29 is 17.6 Å². The Morgan fingerprint density at radius 3 is 2.40 bits per heavy atom. The van der Waals surface area contributed by atoms with E-state index in [9.17, 15) is 17.6 Å². The van der Waals surface area contributed by atoms with Crippen molar-refractivity contribution in [3.63, 3.8) is 0 Å². The van der Waals surface area contributed by atoms with Gasteiger partial charge in [-0.3, -0.25) is 4.72 Å². The summed E-state index contributed by atoms with van der Waals surface area (Å²) in [5, 5.41) is 4.84. The van der Waals surface area contributed by atoms with Crippen LogP contribution in [0.2, 0.25) is 5.02 Å². The van der Waals surface area contributed by atoms with Crippen molar-refractivity contribution in [3.05, 3.63) is 66.0 Å². The van der Waals surface area contributed by atoms with Crippen LogP contribution in [0.5, 0.6) is 0 Å². The van der Waals surface area contributed by atoms with E-state index >= 15 is 0 Å². The van der Waals surface area contributed by atoms with Gasteiger partial charge in [0.2, 0.25) is 0 Å². The number of amides is 2. The monoisotopic (exact) mass is 383 g/mol. The minimum atomic E-state index is -3.91. The van der Waals surface area contributed by atoms with Crippen LogP contribution in [0.25, 0.3) is 0 Å². The molecule has 0 heterocycles. The van der Waals surface area contributed by atoms with E-state index in [0.29, 0.717) is 12.2 Å². The van der Waals surface area contributed by atoms with Crippen LogP contribution in [0, 0.1) is 5.82 Å². The van der Waals surface area contributed by atoms with Gasteiger partial charge in [0.1, 0.15) is 5.82 Å². The van der Waals surface area contributed by atoms with Crippen molar-refractivity contribution >= 4 is 39.0 Å². The zero-order chi connectivity index (χ0) is 18.4. The number of rotatable bonds is 6. The van der Waals surface area contributed by atoms with Crippen LogP contribution < -0.4 is 15.4 Å². The summed E-state index contributed by atoms with van der Waals surface area (Å²) in [5.74, 6) is -0.703. The third-order valence-electron chi connectivity index (χ3n) is 3.00. The largest absolute Gasteiger partial charge is 0.334 e. The molecule has 0 atom stereocenters. The van der Waals surface area contributed by atoms with E-state index in [-0.39, 0.29) is 15.6 Å². The third-order valence-corrected chi connectivity index (χ3v) is 4.67. The van der Waals surface area contributed by atoms with Crippen molar-refractivity contribution in [1.29, 1.82) is 0 Å². The van der Waals surface area contributed by atoms with E-state index in [1.807, 2.05) is 0 Å². The van der Waals surface area contributed by atoms with Crippen molar-refractivity contribution in [3.8, 4) is 0 Å². The predicted octanol–water partition coefficient (Wildman–Crippen LogP) is 3.59. The van der Waals surface area contributed by atoms with Gasteiger partial charge in [0.05, 0.1) is 9.92 Å². The summed E-state index contributed by atoms with van der Waals surface area (Å²) in [6.07, 6.45) is 1.54. The van der Waals surface area contributed by atoms with Crippen molar-refractivity contribution in [1.82, 2.24) is 5.32 Å². The van der Waals surface area contributed by atoms with Gasteiger partial charge in [-0.25, -0.2) is 17.6 Å². The molecular formula is C16H15ClFN3O3S. The average molecular weight is 384 g/mol. The minimum absolute atomic E-state index is 0.162. The number of carbonyl (C=O) groups excluding carboxylic acids is 1. The smallest absolute Gasteiger partial charge is 0.319 e. The zero-order valence-corrected chi connectivity index (χ0v) is 14.5. The highest BCUT2D eigenvalue weighted by Crippen LogP contribution is 2.22. The molecule has 3 N–H and O–H groups in total. The van der Waals surface area contributed by atoms with Crippen LogP contribution in [-0.4, -0.2) is 21.0 Å². The van der Waals surface area contributed by atoms with Gasteiger partial charge in [-0.05, 0) is 42.5 Å². The van der Waals surface area contributed by atoms with E-state index in [1.165, 1.54) is 24.3 Å². The second kappa shape index (κ2) is 8.00. The van der Waals surface area contributed by atoms with Crippen molar-refractivity contribution in [2.45, 2.75) is 4.90 Å². The number of urea groups is 1. The Hall–Kier alpha value is -2.58. The fraction of sp³-hybridized carbons (Fsp3) is 0.0625. The number of anilines is 2. The first kappa shape index (κ1) is 18.8. The predicted molar refractivity (Wildman–Crippen MR) is 95.9 cm³/mol. The molecule has 0 spiro atoms. The molecule has 0 saturated carbocycles. The number of benzene rings is 2. The number of halogens is 2. The Morgan fingerprint density at radius 1 is 1.16 bits per heavy atom. The molecule has 2 amide bonds. The molecule has 0 saturated heterocycles. The normalized spacial score (nSPS) is 10.8. The molecule has 2 aromatic rings. The number of hydrogen-bond acceptors (Lipinski definition) is 3. The Kier molecular flexibility index (Phi) is 6.00. The highest BCUT2D eigenvalue weighted by molar-refractivity contribution is 7.92. The summed E-state index contributed by atoms with van der Waals surface area (Å²) in [6, 6.07) is 8.73. The molecule has 132 valence electrons. The van der Waals surface area contributed by atoms with Gasteiger partial charge >= 0.3 is 6.03 Å². The summed E-state index contributed by atoms with van der Waals surface area (Å²) >= 11 is 5.61. The summed E-state index contributed by atoms with van der Waals surface area (Å²) in [4.78, 5) is 11.3. The van der Waals surface area contributed by atoms with E-state index in [1.54, 1.807) is 6.08 Å². The molecular weight excluding hydrogens is 369 g/mol. The van der Waals surface area contributed by atoms with Crippen LogP contribution in [0.1, 0.15) is 0 Å². The fourth-order valence-electron chi connectivity index (χ4n) is 1.82. The number of hydrogen-bond donors (Lipinski definition) is 3. The topological polar surface area (TPSA) is 87.3 Å². The van der Waals surface area contributed by atoms with E-state index in [4.69, 9.17) is 11.6 Å². The van der Waals surface area contributed by atoms with E-state index in [0.717, 1.165) is 18.2 Å². The maximum Gasteiger partial charge on any atom is 0.319 e. The van der Waals surface area contributed by atoms with Crippen molar-refractivity contribution in [2.75, 3.05) is 16.6 Å². The molecule has 0 unspecified atom stereocenters. The van der Waals surface area contributed by atoms with Gasteiger partial charge in [0.15, 0.2) is 0 Å². The molecule has 25 heavy (non-hydrogen) atoms. The van der Waals surface area contributed by atoms with Gasteiger partial charge in [-0.2, -0.15) is 0 Å². The highest BCUT2D eigenvalue weighted by Gasteiger charge is 2.16. The fourth-order valence-corrected chi connectivity index (χ4v) is 3.15. The van der Waals surface area contributed by atoms with E-state index in [2.05, 4.69) is 21.9 Å². The maximum atomic E-state index is 13.1. The summed E-state index contributed by atoms with van der Waals surface area (Å²) in [6.45, 7) is 3.81. The van der Waals surface area contributed by atoms with Crippen LogP contribution in [0.15, 0.2) is 60.0 Å². The Labute approximate surface area is 149 Å². The second-order valence-electron chi connectivity index (χ2n) is 4.88. The summed E-state index contributed by atoms with van der Waals surface area (Å²) in [7, 11) is -3.91. The summed E-state index contributed by atoms with van der Waals surface area (Å²) in [5.41, 5.74) is 0.756. The lowest BCUT2D eigenvalue weighted by Gasteiger charge is -2.10. The molecule has 0 aromatic heterocycles. The number of carbonyl (C=O) groups is 1. The van der Waals surface area contributed by atoms with Gasteiger partial charge in [0.25, 0.3) is 10.0 Å².